The topological polar surface area (TPSA) is 63.6 Å². The SMILES string of the molecule is CC1C(=O)OCCC1[Se]c1cccc(-c2cccc(Br)c2)c1.O=C(O)CCCC=Cc1cccc(Br)c1. The Balaban J connectivity index is 0.000000222. The first kappa shape index (κ1) is 29.4. The summed E-state index contributed by atoms with van der Waals surface area (Å²) in [6, 6.07) is 25.0. The molecule has 0 saturated carbocycles. The molecule has 7 heteroatoms. The van der Waals surface area contributed by atoms with Gasteiger partial charge in [-0.3, -0.25) is 4.79 Å². The van der Waals surface area contributed by atoms with E-state index in [1.807, 2.05) is 49.4 Å². The molecule has 1 aliphatic rings. The summed E-state index contributed by atoms with van der Waals surface area (Å²) in [5, 5.41) is 8.44. The average Bonchev–Trinajstić information content (AvgIpc) is 2.87. The van der Waals surface area contributed by atoms with Gasteiger partial charge in [0, 0.05) is 10.9 Å². The number of benzene rings is 3. The molecule has 1 aliphatic heterocycles. The maximum Gasteiger partial charge on any atom is 0.303 e. The van der Waals surface area contributed by atoms with Crippen LogP contribution in [0.15, 0.2) is 87.8 Å². The Morgan fingerprint density at radius 3 is 2.41 bits per heavy atom. The van der Waals surface area contributed by atoms with E-state index in [1.165, 1.54) is 15.6 Å². The van der Waals surface area contributed by atoms with Crippen LogP contribution in [0.2, 0.25) is 4.82 Å². The molecule has 1 N–H and O–H groups in total. The fourth-order valence-electron chi connectivity index (χ4n) is 3.76. The number of carboxylic acid groups (broad SMARTS) is 1. The first-order valence-corrected chi connectivity index (χ1v) is 15.6. The third-order valence-electron chi connectivity index (χ3n) is 5.78. The zero-order valence-electron chi connectivity index (χ0n) is 20.6. The van der Waals surface area contributed by atoms with Gasteiger partial charge in [0.15, 0.2) is 0 Å². The van der Waals surface area contributed by atoms with E-state index < -0.39 is 5.97 Å². The van der Waals surface area contributed by atoms with Crippen molar-refractivity contribution in [1.29, 1.82) is 0 Å². The monoisotopic (exact) mass is 692 g/mol. The van der Waals surface area contributed by atoms with Gasteiger partial charge in [-0.15, -0.1) is 0 Å². The van der Waals surface area contributed by atoms with Gasteiger partial charge >= 0.3 is 152 Å². The van der Waals surface area contributed by atoms with E-state index in [9.17, 15) is 9.59 Å². The van der Waals surface area contributed by atoms with Crippen molar-refractivity contribution in [2.75, 3.05) is 6.61 Å². The number of aliphatic carboxylic acids is 1. The van der Waals surface area contributed by atoms with Crippen LogP contribution in [-0.4, -0.2) is 38.6 Å². The van der Waals surface area contributed by atoms with Gasteiger partial charge in [-0.05, 0) is 30.5 Å². The number of rotatable bonds is 8. The van der Waals surface area contributed by atoms with Crippen LogP contribution in [0.4, 0.5) is 0 Å². The fourth-order valence-corrected chi connectivity index (χ4v) is 7.16. The van der Waals surface area contributed by atoms with Gasteiger partial charge in [-0.25, -0.2) is 0 Å². The molecule has 3 aromatic carbocycles. The number of esters is 1. The van der Waals surface area contributed by atoms with Crippen LogP contribution < -0.4 is 4.46 Å². The Hall–Kier alpha value is -2.18. The molecule has 4 rings (SSSR count). The molecule has 2 atom stereocenters. The molecule has 0 aromatic heterocycles. The third-order valence-corrected chi connectivity index (χ3v) is 9.85. The summed E-state index contributed by atoms with van der Waals surface area (Å²) in [6.45, 7) is 2.56. The van der Waals surface area contributed by atoms with Crippen molar-refractivity contribution in [3.63, 3.8) is 0 Å². The molecule has 0 bridgehead atoms. The van der Waals surface area contributed by atoms with E-state index in [1.54, 1.807) is 0 Å². The van der Waals surface area contributed by atoms with Gasteiger partial charge in [0.2, 0.25) is 0 Å². The predicted molar refractivity (Wildman–Crippen MR) is 158 cm³/mol. The molecular formula is C30H30Br2O4Se. The molecule has 1 heterocycles. The largest absolute Gasteiger partial charge is 0.481 e. The van der Waals surface area contributed by atoms with Crippen LogP contribution in [0.25, 0.3) is 17.2 Å². The van der Waals surface area contributed by atoms with Crippen LogP contribution >= 0.6 is 31.9 Å². The first-order valence-electron chi connectivity index (χ1n) is 12.1. The number of ether oxygens (including phenoxy) is 1. The summed E-state index contributed by atoms with van der Waals surface area (Å²) in [7, 11) is 0. The van der Waals surface area contributed by atoms with Gasteiger partial charge in [0.05, 0.1) is 0 Å². The number of carboxylic acids is 1. The number of carbonyl (C=O) groups excluding carboxylic acids is 1. The van der Waals surface area contributed by atoms with E-state index in [0.29, 0.717) is 32.8 Å². The number of hydrogen-bond donors (Lipinski definition) is 1. The molecule has 1 saturated heterocycles. The van der Waals surface area contributed by atoms with Crippen LogP contribution in [0.1, 0.15) is 38.2 Å². The molecule has 0 radical (unpaired) electrons. The van der Waals surface area contributed by atoms with Crippen molar-refractivity contribution >= 4 is 69.3 Å². The predicted octanol–water partition coefficient (Wildman–Crippen LogP) is 7.53. The number of cyclic esters (lactones) is 1. The van der Waals surface area contributed by atoms with Crippen LogP contribution in [-0.2, 0) is 14.3 Å². The minimum absolute atomic E-state index is 0.0169. The molecule has 2 unspecified atom stereocenters. The Morgan fingerprint density at radius 1 is 1.03 bits per heavy atom. The van der Waals surface area contributed by atoms with Gasteiger partial charge in [-0.2, -0.15) is 0 Å². The molecule has 37 heavy (non-hydrogen) atoms. The van der Waals surface area contributed by atoms with Gasteiger partial charge in [0.1, 0.15) is 0 Å². The quantitative estimate of drug-likeness (QED) is 0.151. The average molecular weight is 693 g/mol. The second kappa shape index (κ2) is 15.3. The molecule has 194 valence electrons. The van der Waals surface area contributed by atoms with Gasteiger partial charge in [-0.1, -0.05) is 40.2 Å². The molecule has 4 nitrogen and oxygen atoms in total. The zero-order chi connectivity index (χ0) is 26.6. The number of halogens is 2. The maximum absolute atomic E-state index is 11.7. The zero-order valence-corrected chi connectivity index (χ0v) is 25.5. The van der Waals surface area contributed by atoms with Crippen LogP contribution in [0.3, 0.4) is 0 Å². The van der Waals surface area contributed by atoms with E-state index in [4.69, 9.17) is 9.84 Å². The molecule has 1 fully saturated rings. The number of unbranched alkanes of at least 4 members (excludes halogenated alkanes) is 1. The Kier molecular flexibility index (Phi) is 12.1. The molecule has 0 amide bonds. The molecular weight excluding hydrogens is 663 g/mol. The van der Waals surface area contributed by atoms with Crippen molar-refractivity contribution in [3.05, 3.63) is 93.4 Å². The fraction of sp³-hybridized carbons (Fsp3) is 0.267. The summed E-state index contributed by atoms with van der Waals surface area (Å²) in [4.78, 5) is 22.4. The standard InChI is InChI=1S/C18H17BrO2Se.C12H13BrO2/c1-12-17(8-9-21-18(12)20)22-16-7-3-5-14(11-16)13-4-2-6-15(19)10-13;13-11-7-4-6-10(9-11)5-2-1-3-8-12(14)15/h2-7,10-12,17H,8-9H2,1H3;2,4-7,9H,1,3,8H2,(H,14,15). The maximum atomic E-state index is 11.7. The normalized spacial score (nSPS) is 17.1. The van der Waals surface area contributed by atoms with E-state index >= 15 is 0 Å². The smallest absolute Gasteiger partial charge is 0.303 e. The van der Waals surface area contributed by atoms with Crippen LogP contribution in [0.5, 0.6) is 0 Å². The first-order chi connectivity index (χ1) is 17.8. The van der Waals surface area contributed by atoms with E-state index in [-0.39, 0.29) is 18.3 Å². The Labute approximate surface area is 241 Å². The number of carbonyl (C=O) groups is 2. The number of hydrogen-bond acceptors (Lipinski definition) is 3. The summed E-state index contributed by atoms with van der Waals surface area (Å²) < 4.78 is 8.61. The van der Waals surface area contributed by atoms with Crippen molar-refractivity contribution in [3.8, 4) is 11.1 Å². The molecule has 3 aromatic rings. The molecule has 0 aliphatic carbocycles. The minimum atomic E-state index is -0.731. The Morgan fingerprint density at radius 2 is 1.70 bits per heavy atom. The molecule has 0 spiro atoms. The van der Waals surface area contributed by atoms with Crippen molar-refractivity contribution in [2.45, 2.75) is 37.4 Å². The van der Waals surface area contributed by atoms with E-state index in [0.717, 1.165) is 27.4 Å². The summed E-state index contributed by atoms with van der Waals surface area (Å²) in [5.74, 6) is -0.754. The van der Waals surface area contributed by atoms with Crippen molar-refractivity contribution in [2.24, 2.45) is 5.92 Å². The number of allylic oxidation sites excluding steroid dienone is 1. The summed E-state index contributed by atoms with van der Waals surface area (Å²) >= 11 is 7.21. The van der Waals surface area contributed by atoms with Gasteiger partial charge in [0.25, 0.3) is 0 Å². The summed E-state index contributed by atoms with van der Waals surface area (Å²) in [5.41, 5.74) is 3.56. The Bertz CT molecular complexity index is 1230. The summed E-state index contributed by atoms with van der Waals surface area (Å²) in [6.07, 6.45) is 6.73. The third kappa shape index (κ3) is 10.2. The second-order valence-electron chi connectivity index (χ2n) is 8.68. The van der Waals surface area contributed by atoms with Crippen molar-refractivity contribution < 1.29 is 19.4 Å². The van der Waals surface area contributed by atoms with Crippen molar-refractivity contribution in [1.82, 2.24) is 0 Å². The minimum Gasteiger partial charge on any atom is -0.481 e. The van der Waals surface area contributed by atoms with Gasteiger partial charge < -0.3 is 5.11 Å². The van der Waals surface area contributed by atoms with Crippen LogP contribution in [0, 0.1) is 5.92 Å². The second-order valence-corrected chi connectivity index (χ2v) is 13.3. The van der Waals surface area contributed by atoms with E-state index in [2.05, 4.69) is 74.3 Å².